The van der Waals surface area contributed by atoms with E-state index in [1.54, 1.807) is 11.3 Å². The SMILES string of the molecule is CC(C)(C)c1ccc(CN2CCN(Cc3cc(C#CCO)cs3)CC2)cc1. The second-order valence-electron chi connectivity index (χ2n) is 8.26. The third-order valence-corrected chi connectivity index (χ3v) is 5.96. The summed E-state index contributed by atoms with van der Waals surface area (Å²) < 4.78 is 0. The van der Waals surface area contributed by atoms with Crippen molar-refractivity contribution in [2.75, 3.05) is 32.8 Å². The predicted molar refractivity (Wildman–Crippen MR) is 114 cm³/mol. The lowest BCUT2D eigenvalue weighted by Crippen LogP contribution is -2.45. The maximum Gasteiger partial charge on any atom is 0.104 e. The highest BCUT2D eigenvalue weighted by Crippen LogP contribution is 2.23. The van der Waals surface area contributed by atoms with Crippen LogP contribution in [0, 0.1) is 11.8 Å². The first-order chi connectivity index (χ1) is 12.9. The minimum absolute atomic E-state index is 0.0773. The van der Waals surface area contributed by atoms with Gasteiger partial charge in [0.1, 0.15) is 6.61 Å². The molecule has 1 saturated heterocycles. The maximum absolute atomic E-state index is 8.79. The molecule has 1 N–H and O–H groups in total. The Labute approximate surface area is 167 Å². The summed E-state index contributed by atoms with van der Waals surface area (Å²) in [5.41, 5.74) is 4.04. The Morgan fingerprint density at radius 1 is 1.00 bits per heavy atom. The molecule has 1 aliphatic rings. The molecule has 0 aliphatic carbocycles. The summed E-state index contributed by atoms with van der Waals surface area (Å²) in [6, 6.07) is 11.3. The number of hydrogen-bond donors (Lipinski definition) is 1. The summed E-state index contributed by atoms with van der Waals surface area (Å²) in [4.78, 5) is 6.42. The molecule has 1 aromatic carbocycles. The molecule has 2 heterocycles. The van der Waals surface area contributed by atoms with Gasteiger partial charge in [0.15, 0.2) is 0 Å². The highest BCUT2D eigenvalue weighted by molar-refractivity contribution is 7.10. The minimum atomic E-state index is -0.0773. The minimum Gasteiger partial charge on any atom is -0.384 e. The van der Waals surface area contributed by atoms with Gasteiger partial charge < -0.3 is 5.11 Å². The topological polar surface area (TPSA) is 26.7 Å². The largest absolute Gasteiger partial charge is 0.384 e. The molecule has 0 bridgehead atoms. The Morgan fingerprint density at radius 3 is 2.22 bits per heavy atom. The molecule has 2 aromatic rings. The fraction of sp³-hybridized carbons (Fsp3) is 0.478. The molecular weight excluding hydrogens is 352 g/mol. The Balaban J connectivity index is 1.47. The Bertz CT molecular complexity index is 784. The fourth-order valence-corrected chi connectivity index (χ4v) is 4.22. The van der Waals surface area contributed by atoms with Crippen LogP contribution in [0.5, 0.6) is 0 Å². The maximum atomic E-state index is 8.79. The van der Waals surface area contributed by atoms with Crippen LogP contribution in [0.25, 0.3) is 0 Å². The van der Waals surface area contributed by atoms with Gasteiger partial charge in [-0.05, 0) is 22.6 Å². The number of rotatable bonds is 4. The van der Waals surface area contributed by atoms with Crippen LogP contribution in [0.1, 0.15) is 42.3 Å². The van der Waals surface area contributed by atoms with Gasteiger partial charge in [-0.15, -0.1) is 11.3 Å². The van der Waals surface area contributed by atoms with Crippen molar-refractivity contribution in [3.63, 3.8) is 0 Å². The van der Waals surface area contributed by atoms with Crippen LogP contribution >= 0.6 is 11.3 Å². The first-order valence-electron chi connectivity index (χ1n) is 9.65. The van der Waals surface area contributed by atoms with Crippen molar-refractivity contribution in [1.82, 2.24) is 9.80 Å². The molecule has 0 atom stereocenters. The van der Waals surface area contributed by atoms with E-state index in [2.05, 4.69) is 78.1 Å². The summed E-state index contributed by atoms with van der Waals surface area (Å²) in [5.74, 6) is 5.70. The van der Waals surface area contributed by atoms with Crippen molar-refractivity contribution >= 4 is 11.3 Å². The third-order valence-electron chi connectivity index (χ3n) is 5.04. The first-order valence-corrected chi connectivity index (χ1v) is 10.5. The monoisotopic (exact) mass is 382 g/mol. The molecule has 0 unspecified atom stereocenters. The molecular formula is C23H30N2OS. The number of benzene rings is 1. The van der Waals surface area contributed by atoms with E-state index in [4.69, 9.17) is 5.11 Å². The van der Waals surface area contributed by atoms with Crippen molar-refractivity contribution in [3.05, 3.63) is 57.3 Å². The van der Waals surface area contributed by atoms with E-state index in [0.29, 0.717) is 0 Å². The van der Waals surface area contributed by atoms with Crippen LogP contribution in [0.4, 0.5) is 0 Å². The number of hydrogen-bond acceptors (Lipinski definition) is 4. The van der Waals surface area contributed by atoms with Gasteiger partial charge in [0.05, 0.1) is 0 Å². The van der Waals surface area contributed by atoms with Gasteiger partial charge in [-0.25, -0.2) is 0 Å². The molecule has 1 aromatic heterocycles. The molecule has 3 rings (SSSR count). The smallest absolute Gasteiger partial charge is 0.104 e. The summed E-state index contributed by atoms with van der Waals surface area (Å²) in [5, 5.41) is 10.9. The van der Waals surface area contributed by atoms with Crippen LogP contribution in [-0.2, 0) is 18.5 Å². The van der Waals surface area contributed by atoms with E-state index in [1.807, 2.05) is 0 Å². The molecule has 3 nitrogen and oxygen atoms in total. The molecule has 0 amide bonds. The highest BCUT2D eigenvalue weighted by Gasteiger charge is 2.18. The molecule has 4 heteroatoms. The van der Waals surface area contributed by atoms with Gasteiger partial charge >= 0.3 is 0 Å². The molecule has 1 aliphatic heterocycles. The van der Waals surface area contributed by atoms with Crippen molar-refractivity contribution in [2.45, 2.75) is 39.3 Å². The Morgan fingerprint density at radius 2 is 1.63 bits per heavy atom. The van der Waals surface area contributed by atoms with Gasteiger partial charge in [0.2, 0.25) is 0 Å². The van der Waals surface area contributed by atoms with Gasteiger partial charge in [0.25, 0.3) is 0 Å². The van der Waals surface area contributed by atoms with Gasteiger partial charge in [-0.2, -0.15) is 0 Å². The van der Waals surface area contributed by atoms with Crippen LogP contribution in [0.2, 0.25) is 0 Å². The van der Waals surface area contributed by atoms with Crippen molar-refractivity contribution in [3.8, 4) is 11.8 Å². The number of aliphatic hydroxyl groups excluding tert-OH is 1. The van der Waals surface area contributed by atoms with Crippen molar-refractivity contribution in [1.29, 1.82) is 0 Å². The van der Waals surface area contributed by atoms with E-state index in [9.17, 15) is 0 Å². The second-order valence-corrected chi connectivity index (χ2v) is 9.26. The summed E-state index contributed by atoms with van der Waals surface area (Å²) >= 11 is 1.76. The lowest BCUT2D eigenvalue weighted by molar-refractivity contribution is 0.123. The van der Waals surface area contributed by atoms with E-state index in [1.165, 1.54) is 16.0 Å². The average molecular weight is 383 g/mol. The molecule has 27 heavy (non-hydrogen) atoms. The van der Waals surface area contributed by atoms with Gasteiger partial charge in [0, 0.05) is 55.1 Å². The van der Waals surface area contributed by atoms with Crippen molar-refractivity contribution in [2.24, 2.45) is 0 Å². The van der Waals surface area contributed by atoms with E-state index in [0.717, 1.165) is 44.8 Å². The Hall–Kier alpha value is -1.64. The molecule has 1 fully saturated rings. The van der Waals surface area contributed by atoms with E-state index >= 15 is 0 Å². The molecule has 0 radical (unpaired) electrons. The number of nitrogens with zero attached hydrogens (tertiary/aromatic N) is 2. The zero-order valence-corrected chi connectivity index (χ0v) is 17.5. The summed E-state index contributed by atoms with van der Waals surface area (Å²) in [6.07, 6.45) is 0. The quantitative estimate of drug-likeness (QED) is 0.817. The highest BCUT2D eigenvalue weighted by atomic mass is 32.1. The molecule has 144 valence electrons. The van der Waals surface area contributed by atoms with E-state index in [-0.39, 0.29) is 12.0 Å². The fourth-order valence-electron chi connectivity index (χ4n) is 3.36. The lowest BCUT2D eigenvalue weighted by atomic mass is 9.87. The molecule has 0 saturated carbocycles. The average Bonchev–Trinajstić information content (AvgIpc) is 3.09. The zero-order valence-electron chi connectivity index (χ0n) is 16.7. The molecule has 0 spiro atoms. The van der Waals surface area contributed by atoms with Crippen LogP contribution in [-0.4, -0.2) is 47.7 Å². The summed E-state index contributed by atoms with van der Waals surface area (Å²) in [7, 11) is 0. The third kappa shape index (κ3) is 5.92. The second kappa shape index (κ2) is 9.03. The zero-order chi connectivity index (χ0) is 19.3. The number of aliphatic hydroxyl groups is 1. The van der Waals surface area contributed by atoms with Crippen LogP contribution in [0.3, 0.4) is 0 Å². The van der Waals surface area contributed by atoms with Crippen molar-refractivity contribution < 1.29 is 5.11 Å². The standard InChI is InChI=1S/C23H30N2OS/c1-23(2,3)21-8-6-19(7-9-21)16-24-10-12-25(13-11-24)17-22-15-20(18-27-22)5-4-14-26/h6-9,15,18,26H,10-14,16-17H2,1-3H3. The lowest BCUT2D eigenvalue weighted by Gasteiger charge is -2.34. The summed E-state index contributed by atoms with van der Waals surface area (Å²) in [6.45, 7) is 13.2. The van der Waals surface area contributed by atoms with Crippen LogP contribution in [0.15, 0.2) is 35.7 Å². The predicted octanol–water partition coefficient (Wildman–Crippen LogP) is 3.71. The van der Waals surface area contributed by atoms with Gasteiger partial charge in [-0.1, -0.05) is 56.9 Å². The normalized spacial score (nSPS) is 16.1. The first kappa shape index (κ1) is 20.1. The number of thiophene rings is 1. The van der Waals surface area contributed by atoms with E-state index < -0.39 is 0 Å². The van der Waals surface area contributed by atoms with Crippen LogP contribution < -0.4 is 0 Å². The number of piperazine rings is 1. The Kier molecular flexibility index (Phi) is 6.73. The van der Waals surface area contributed by atoms with Gasteiger partial charge in [-0.3, -0.25) is 9.80 Å².